The summed E-state index contributed by atoms with van der Waals surface area (Å²) in [6, 6.07) is 37.8. The van der Waals surface area contributed by atoms with Crippen LogP contribution in [0.15, 0.2) is 165 Å². The molecule has 11 rings (SSSR count). The van der Waals surface area contributed by atoms with Crippen molar-refractivity contribution in [1.29, 1.82) is 0 Å². The number of nitrogens with zero attached hydrogens (tertiary/aromatic N) is 9. The number of ketones is 3. The number of alkyl halides is 10. The first kappa shape index (κ1) is 113. The second-order valence-corrected chi connectivity index (χ2v) is 40.8. The first-order chi connectivity index (χ1) is 61.4. The number of Topliss-reactive ketones (excluding diaryl/α,β-unsaturated/α-hetero) is 3. The molecule has 0 spiro atoms. The summed E-state index contributed by atoms with van der Waals surface area (Å²) in [5, 5.41) is -5.35. The molecule has 1 saturated heterocycles. The van der Waals surface area contributed by atoms with E-state index in [-0.39, 0.29) is 65.2 Å². The van der Waals surface area contributed by atoms with Crippen molar-refractivity contribution in [3.05, 3.63) is 282 Å². The van der Waals surface area contributed by atoms with Gasteiger partial charge in [0, 0.05) is 50.2 Å². The molecule has 35 heteroatoms. The van der Waals surface area contributed by atoms with Crippen LogP contribution in [0, 0.1) is 96.9 Å². The Morgan fingerprint density at radius 1 is 0.443 bits per heavy atom. The predicted molar refractivity (Wildman–Crippen MR) is 509 cm³/mol. The van der Waals surface area contributed by atoms with E-state index in [0.717, 1.165) is 78.7 Å². The molecule has 5 atom stereocenters. The molecule has 0 radical (unpaired) electrons. The van der Waals surface area contributed by atoms with Crippen molar-refractivity contribution >= 4 is 85.0 Å². The van der Waals surface area contributed by atoms with E-state index in [4.69, 9.17) is 18.9 Å². The molecule has 0 amide bonds. The summed E-state index contributed by atoms with van der Waals surface area (Å²) in [7, 11) is -3.56. The smallest absolute Gasteiger partial charge is 0.364 e. The monoisotopic (exact) mass is 1940 g/mol. The number of thioether (sulfide) groups is 4. The Hall–Kier alpha value is -8.39. The van der Waals surface area contributed by atoms with E-state index in [1.807, 2.05) is 138 Å². The van der Waals surface area contributed by atoms with E-state index in [1.54, 1.807) is 108 Å². The Labute approximate surface area is 784 Å². The van der Waals surface area contributed by atoms with Crippen LogP contribution < -0.4 is 0 Å². The summed E-state index contributed by atoms with van der Waals surface area (Å²) >= 11 is 3.27. The lowest BCUT2D eigenvalue weighted by atomic mass is 9.88. The van der Waals surface area contributed by atoms with Crippen molar-refractivity contribution in [3.63, 3.8) is 0 Å². The van der Waals surface area contributed by atoms with Crippen LogP contribution in [-0.2, 0) is 81.6 Å². The van der Waals surface area contributed by atoms with Crippen LogP contribution in [0.3, 0.4) is 0 Å². The third-order valence-corrected chi connectivity index (χ3v) is 28.5. The number of aryl methyl sites for hydroxylation is 14. The summed E-state index contributed by atoms with van der Waals surface area (Å²) in [4.78, 5) is 46.1. The molecule has 5 unspecified atom stereocenters. The molecule has 1 aliphatic rings. The van der Waals surface area contributed by atoms with Crippen LogP contribution in [0.5, 0.6) is 0 Å². The van der Waals surface area contributed by atoms with Gasteiger partial charge < -0.3 is 18.9 Å². The van der Waals surface area contributed by atoms with Gasteiger partial charge in [0.15, 0.2) is 34.0 Å². The minimum atomic E-state index is -4.77. The van der Waals surface area contributed by atoms with Crippen LogP contribution >= 0.6 is 47.0 Å². The minimum absolute atomic E-state index is 0.0955. The SMILES string of the molecule is CCC(=O)c1ccc(C)cc1C.CCS(=O)(=O)C(F)(F)C(Cn1cncn1)(OC)c1ccc(C)cc1C.CCS(=O)C(F)(F)C(Cn1cncn1)(OC)c1ccc(C)cc1C.CCSC(F)(F)C(=O)c1ccc(C)cc1C.CCSC(F)(F)C(Cn1cncn1)(OC)c1ccc(C)cc1C.CCSC(F)(F)C1(c2ccc(C)cc2C)CO1.CCSCC(=O)c1ccc(C)cc1C. The number of sulfone groups is 1. The molecule has 4 heterocycles. The van der Waals surface area contributed by atoms with Crippen LogP contribution in [-0.4, -0.2) is 169 Å². The van der Waals surface area contributed by atoms with Gasteiger partial charge in [0.25, 0.3) is 0 Å². The van der Waals surface area contributed by atoms with Crippen LogP contribution in [0.4, 0.5) is 43.9 Å². The third kappa shape index (κ3) is 28.1. The maximum Gasteiger partial charge on any atom is 0.379 e. The second-order valence-electron chi connectivity index (χ2n) is 31.3. The van der Waals surface area contributed by atoms with Gasteiger partial charge in [-0.1, -0.05) is 250 Å². The molecule has 131 heavy (non-hydrogen) atoms. The van der Waals surface area contributed by atoms with E-state index in [1.165, 1.54) is 98.7 Å². The van der Waals surface area contributed by atoms with Crippen LogP contribution in [0.25, 0.3) is 0 Å². The van der Waals surface area contributed by atoms with Crippen molar-refractivity contribution in [3.8, 4) is 0 Å². The highest BCUT2D eigenvalue weighted by molar-refractivity contribution is 8.01. The quantitative estimate of drug-likeness (QED) is 0.0204. The molecule has 19 nitrogen and oxygen atoms in total. The van der Waals surface area contributed by atoms with Crippen molar-refractivity contribution in [2.75, 3.05) is 68.2 Å². The molecule has 1 aliphatic heterocycles. The Bertz CT molecular complexity index is 5520. The molecular weight excluding hydrogens is 1820 g/mol. The van der Waals surface area contributed by atoms with E-state index in [9.17, 15) is 44.6 Å². The number of halogens is 10. The molecule has 0 bridgehead atoms. The Balaban J connectivity index is 0.000000274. The molecule has 0 saturated carbocycles. The third-order valence-electron chi connectivity index (χ3n) is 21.5. The molecule has 0 N–H and O–H groups in total. The Morgan fingerprint density at radius 3 is 1.11 bits per heavy atom. The average molecular weight is 1950 g/mol. The van der Waals surface area contributed by atoms with Gasteiger partial charge in [0.05, 0.1) is 48.5 Å². The van der Waals surface area contributed by atoms with Crippen LogP contribution in [0.1, 0.15) is 186 Å². The standard InChI is InChI=1S/C16H21F2N3O3S.C16H21F2N3O2S.C16H21F2N3OS.C13H16F2OS.C12H14F2OS.C12H16OS.C11H14O/c1-5-25(22,23)16(17,18)15(24-4,9-21-11-19-10-20-21)14-7-6-12(2)8-13(14)3;1-5-24(22)16(17,18)15(23-4,9-21-11-19-10-20-21)14-7-6-12(2)8-13(14)3;1-5-23-16(17,18)15(22-4,9-21-11-19-10-20-21)14-7-6-12(2)8-13(14)3;1-4-17-13(14,15)12(8-16-12)11-6-5-9(2)7-10(11)3;1-4-16-12(13,14)11(15)10-6-5-8(2)7-9(10)3;1-4-14-8-12(13)11-6-5-9(2)7-10(11)3;1-4-11(12)10-6-5-8(2)7-9(10)3/h6-8,10-11H,5,9H2,1-4H3;6-8,10-11H,5,9H2,1-4H3;6-8,10-11H,5,9H2,1-4H3;5-7H,4,8H2,1-3H3;5-7H,4H2,1-3H3;5-7H,4,8H2,1-3H3;5-7H,4H2,1-3H3. The summed E-state index contributed by atoms with van der Waals surface area (Å²) < 4.78 is 208. The molecule has 10 aromatic rings. The average Bonchev–Trinajstić information content (AvgIpc) is 1.34. The predicted octanol–water partition coefficient (Wildman–Crippen LogP) is 22.9. The number of epoxide rings is 1. The lowest BCUT2D eigenvalue weighted by molar-refractivity contribution is -0.164. The van der Waals surface area contributed by atoms with Gasteiger partial charge in [-0.15, -0.1) is 0 Å². The molecule has 7 aromatic carbocycles. The lowest BCUT2D eigenvalue weighted by Gasteiger charge is -2.39. The number of benzene rings is 7. The highest BCUT2D eigenvalue weighted by Gasteiger charge is 2.67. The van der Waals surface area contributed by atoms with Crippen molar-refractivity contribution < 1.29 is 89.9 Å². The summed E-state index contributed by atoms with van der Waals surface area (Å²) in [5.41, 5.74) is 8.40. The highest BCUT2D eigenvalue weighted by atomic mass is 32.2. The zero-order valence-electron chi connectivity index (χ0n) is 78.9. The molecule has 0 aliphatic carbocycles. The highest BCUT2D eigenvalue weighted by Crippen LogP contribution is 2.57. The zero-order chi connectivity index (χ0) is 98.6. The number of ether oxygens (including phenoxy) is 4. The van der Waals surface area contributed by atoms with E-state index in [0.29, 0.717) is 81.0 Å². The number of carbonyl (C=O) groups is 3. The van der Waals surface area contributed by atoms with E-state index < -0.39 is 87.4 Å². The normalized spacial score (nSPS) is 14.9. The molecular formula is C96H123F10N9O10S6. The first-order valence-electron chi connectivity index (χ1n) is 42.3. The maximum atomic E-state index is 15.3. The van der Waals surface area contributed by atoms with Crippen LogP contribution in [0.2, 0.25) is 0 Å². The molecule has 3 aromatic heterocycles. The maximum absolute atomic E-state index is 15.3. The van der Waals surface area contributed by atoms with Gasteiger partial charge in [-0.25, -0.2) is 37.4 Å². The fourth-order valence-corrected chi connectivity index (χ4v) is 19.6. The van der Waals surface area contributed by atoms with Gasteiger partial charge in [-0.3, -0.25) is 18.6 Å². The summed E-state index contributed by atoms with van der Waals surface area (Å²) in [6.45, 7) is 37.1. The number of hydrogen-bond acceptors (Lipinski definition) is 20. The lowest BCUT2D eigenvalue weighted by Crippen LogP contribution is -2.55. The number of aromatic nitrogens is 9. The van der Waals surface area contributed by atoms with Crippen molar-refractivity contribution in [1.82, 2.24) is 44.3 Å². The molecule has 1 fully saturated rings. The zero-order valence-corrected chi connectivity index (χ0v) is 83.8. The largest absolute Gasteiger partial charge is 0.379 e. The number of methoxy groups -OCH3 is 3. The summed E-state index contributed by atoms with van der Waals surface area (Å²) in [6.07, 6.45) is 8.36. The Kier molecular flexibility index (Phi) is 42.9. The second kappa shape index (κ2) is 49.7. The number of hydrogen-bond donors (Lipinski definition) is 0. The van der Waals surface area contributed by atoms with Gasteiger partial charge >= 0.3 is 26.3 Å². The van der Waals surface area contributed by atoms with Crippen molar-refractivity contribution in [2.45, 2.75) is 220 Å². The fraction of sp³-hybridized carbons (Fsp3) is 0.469. The van der Waals surface area contributed by atoms with Gasteiger partial charge in [-0.2, -0.15) is 71.0 Å². The Morgan fingerprint density at radius 2 is 0.786 bits per heavy atom. The van der Waals surface area contributed by atoms with Gasteiger partial charge in [-0.05, 0) is 181 Å². The van der Waals surface area contributed by atoms with E-state index in [2.05, 4.69) is 43.2 Å². The minimum Gasteiger partial charge on any atom is -0.364 e. The first-order valence-corrected chi connectivity index (χ1v) is 49.3. The van der Waals surface area contributed by atoms with Gasteiger partial charge in [0.1, 0.15) is 38.0 Å². The van der Waals surface area contributed by atoms with E-state index >= 15 is 26.3 Å². The topological polar surface area (TPSA) is 235 Å². The number of rotatable bonds is 35. The van der Waals surface area contributed by atoms with Crippen molar-refractivity contribution in [2.24, 2.45) is 0 Å². The summed E-state index contributed by atoms with van der Waals surface area (Å²) in [5.74, 6) is 0.941. The van der Waals surface area contributed by atoms with Gasteiger partial charge in [0.2, 0.25) is 15.6 Å². The number of carbonyl (C=O) groups excluding carboxylic acids is 3. The molecule has 718 valence electrons. The fourth-order valence-electron chi connectivity index (χ4n) is 14.7.